The van der Waals surface area contributed by atoms with Crippen molar-refractivity contribution in [2.75, 3.05) is 46.5 Å². The number of likely N-dealkylation sites (tertiary alicyclic amines) is 1. The van der Waals surface area contributed by atoms with Crippen LogP contribution in [0.1, 0.15) is 28.0 Å². The maximum Gasteiger partial charge on any atom is 0.274 e. The van der Waals surface area contributed by atoms with E-state index in [1.54, 1.807) is 18.1 Å². The van der Waals surface area contributed by atoms with E-state index < -0.39 is 0 Å². The number of carbonyl (C=O) groups excluding carboxylic acids is 1. The standard InChI is InChI=1S/C27H29FN4O3S/c1-34-20-9-10-30(16-20)15-18-5-7-19(8-6-18)32-25-21-3-2-4-23(28)26(21)36-17-22(25)24(29-32)27(33)31-11-13-35-14-12-31/h2-8,20H,9-17H2,1H3. The number of ether oxygens (including phenoxy) is 2. The Morgan fingerprint density at radius 2 is 1.97 bits per heavy atom. The molecule has 0 N–H and O–H groups in total. The number of methoxy groups -OCH3 is 1. The van der Waals surface area contributed by atoms with Gasteiger partial charge in [-0.25, -0.2) is 9.07 Å². The van der Waals surface area contributed by atoms with Gasteiger partial charge in [0, 0.05) is 56.7 Å². The fourth-order valence-corrected chi connectivity index (χ4v) is 6.35. The lowest BCUT2D eigenvalue weighted by atomic mass is 10.0. The first kappa shape index (κ1) is 23.7. The number of benzene rings is 2. The van der Waals surface area contributed by atoms with Crippen molar-refractivity contribution in [1.29, 1.82) is 0 Å². The van der Waals surface area contributed by atoms with Crippen LogP contribution in [0.4, 0.5) is 4.39 Å². The van der Waals surface area contributed by atoms with Gasteiger partial charge in [-0.05, 0) is 30.2 Å². The summed E-state index contributed by atoms with van der Waals surface area (Å²) in [6, 6.07) is 13.4. The second-order valence-electron chi connectivity index (χ2n) is 9.45. The van der Waals surface area contributed by atoms with E-state index in [-0.39, 0.29) is 11.7 Å². The van der Waals surface area contributed by atoms with Gasteiger partial charge in [-0.1, -0.05) is 24.3 Å². The number of morpholine rings is 1. The number of carbonyl (C=O) groups is 1. The van der Waals surface area contributed by atoms with E-state index in [1.165, 1.54) is 23.4 Å². The summed E-state index contributed by atoms with van der Waals surface area (Å²) in [5, 5.41) is 4.84. The van der Waals surface area contributed by atoms with E-state index in [0.29, 0.717) is 48.7 Å². The number of aromatic nitrogens is 2. The maximum atomic E-state index is 14.7. The molecule has 7 nitrogen and oxygen atoms in total. The van der Waals surface area contributed by atoms with Gasteiger partial charge in [0.1, 0.15) is 5.82 Å². The van der Waals surface area contributed by atoms with Gasteiger partial charge in [-0.3, -0.25) is 9.69 Å². The van der Waals surface area contributed by atoms with Crippen molar-refractivity contribution in [1.82, 2.24) is 19.6 Å². The number of rotatable bonds is 5. The van der Waals surface area contributed by atoms with E-state index in [2.05, 4.69) is 17.0 Å². The lowest BCUT2D eigenvalue weighted by molar-refractivity contribution is 0.0298. The van der Waals surface area contributed by atoms with Gasteiger partial charge < -0.3 is 14.4 Å². The van der Waals surface area contributed by atoms with Crippen molar-refractivity contribution in [3.63, 3.8) is 0 Å². The Morgan fingerprint density at radius 3 is 2.72 bits per heavy atom. The van der Waals surface area contributed by atoms with E-state index in [1.807, 2.05) is 22.9 Å². The fraction of sp³-hybridized carbons (Fsp3) is 0.407. The smallest absolute Gasteiger partial charge is 0.274 e. The summed E-state index contributed by atoms with van der Waals surface area (Å²) >= 11 is 1.43. The van der Waals surface area contributed by atoms with Crippen molar-refractivity contribution >= 4 is 17.7 Å². The first-order valence-electron chi connectivity index (χ1n) is 12.4. The van der Waals surface area contributed by atoms with E-state index in [9.17, 15) is 9.18 Å². The Bertz CT molecular complexity index is 1270. The van der Waals surface area contributed by atoms with Gasteiger partial charge in [0.05, 0.1) is 35.6 Å². The number of halogens is 1. The third-order valence-electron chi connectivity index (χ3n) is 7.22. The SMILES string of the molecule is COC1CCN(Cc2ccc(-n3nc(C(=O)N4CCOCC4)c4c3-c3cccc(F)c3SC4)cc2)C1. The highest BCUT2D eigenvalue weighted by atomic mass is 32.2. The van der Waals surface area contributed by atoms with E-state index in [4.69, 9.17) is 14.6 Å². The molecule has 0 aliphatic carbocycles. The van der Waals surface area contributed by atoms with E-state index >= 15 is 0 Å². The lowest BCUT2D eigenvalue weighted by Crippen LogP contribution is -2.41. The maximum absolute atomic E-state index is 14.7. The summed E-state index contributed by atoms with van der Waals surface area (Å²) in [6.45, 7) is 4.99. The molecule has 188 valence electrons. The molecule has 4 heterocycles. The molecule has 1 unspecified atom stereocenters. The van der Waals surface area contributed by atoms with Crippen LogP contribution in [0.25, 0.3) is 16.9 Å². The average molecular weight is 509 g/mol. The number of nitrogens with zero attached hydrogens (tertiary/aromatic N) is 4. The minimum atomic E-state index is -0.243. The van der Waals surface area contributed by atoms with Crippen molar-refractivity contribution in [3.05, 3.63) is 65.1 Å². The molecule has 2 saturated heterocycles. The molecule has 0 spiro atoms. The predicted octanol–water partition coefficient (Wildman–Crippen LogP) is 3.98. The largest absolute Gasteiger partial charge is 0.380 e. The molecule has 1 amide bonds. The number of thioether (sulfide) groups is 1. The van der Waals surface area contributed by atoms with Crippen LogP contribution in [0.15, 0.2) is 47.4 Å². The summed E-state index contributed by atoms with van der Waals surface area (Å²) in [7, 11) is 1.77. The molecule has 3 aliphatic heterocycles. The Labute approximate surface area is 214 Å². The van der Waals surface area contributed by atoms with Crippen LogP contribution in [0.5, 0.6) is 0 Å². The Hall–Kier alpha value is -2.72. The molecular formula is C27H29FN4O3S. The first-order valence-corrected chi connectivity index (χ1v) is 13.4. The molecule has 0 saturated carbocycles. The molecular weight excluding hydrogens is 479 g/mol. The third-order valence-corrected chi connectivity index (χ3v) is 8.35. The van der Waals surface area contributed by atoms with Crippen LogP contribution in [0, 0.1) is 5.82 Å². The Balaban J connectivity index is 1.36. The quantitative estimate of drug-likeness (QED) is 0.520. The van der Waals surface area contributed by atoms with Crippen LogP contribution in [0.2, 0.25) is 0 Å². The van der Waals surface area contributed by atoms with Crippen molar-refractivity contribution in [2.24, 2.45) is 0 Å². The van der Waals surface area contributed by atoms with Crippen LogP contribution >= 0.6 is 11.8 Å². The highest BCUT2D eigenvalue weighted by Gasteiger charge is 2.33. The zero-order chi connectivity index (χ0) is 24.6. The summed E-state index contributed by atoms with van der Waals surface area (Å²) in [5.74, 6) is 0.168. The molecule has 9 heteroatoms. The second kappa shape index (κ2) is 9.97. The zero-order valence-corrected chi connectivity index (χ0v) is 21.1. The number of amides is 1. The summed E-state index contributed by atoms with van der Waals surface area (Å²) < 4.78 is 27.4. The first-order chi connectivity index (χ1) is 17.6. The van der Waals surface area contributed by atoms with Gasteiger partial charge in [0.15, 0.2) is 5.69 Å². The van der Waals surface area contributed by atoms with Crippen LogP contribution in [-0.4, -0.2) is 78.1 Å². The molecule has 36 heavy (non-hydrogen) atoms. The summed E-state index contributed by atoms with van der Waals surface area (Å²) in [5.41, 5.74) is 4.96. The predicted molar refractivity (Wildman–Crippen MR) is 136 cm³/mol. The number of hydrogen-bond donors (Lipinski definition) is 0. The monoisotopic (exact) mass is 508 g/mol. The van der Waals surface area contributed by atoms with Crippen molar-refractivity contribution in [2.45, 2.75) is 29.7 Å². The molecule has 1 atom stereocenters. The number of fused-ring (bicyclic) bond motifs is 3. The van der Waals surface area contributed by atoms with Gasteiger partial charge in [0.25, 0.3) is 5.91 Å². The zero-order valence-electron chi connectivity index (χ0n) is 20.3. The van der Waals surface area contributed by atoms with Gasteiger partial charge in [-0.2, -0.15) is 5.10 Å². The molecule has 3 aromatic rings. The van der Waals surface area contributed by atoms with Gasteiger partial charge >= 0.3 is 0 Å². The molecule has 1 aromatic heterocycles. The molecule has 6 rings (SSSR count). The highest BCUT2D eigenvalue weighted by molar-refractivity contribution is 7.98. The highest BCUT2D eigenvalue weighted by Crippen LogP contribution is 2.45. The fourth-order valence-electron chi connectivity index (χ4n) is 5.26. The molecule has 0 radical (unpaired) electrons. The van der Waals surface area contributed by atoms with E-state index in [0.717, 1.165) is 48.6 Å². The molecule has 3 aliphatic rings. The van der Waals surface area contributed by atoms with Crippen molar-refractivity contribution < 1.29 is 18.7 Å². The minimum absolute atomic E-state index is 0.0906. The van der Waals surface area contributed by atoms with Crippen molar-refractivity contribution in [3.8, 4) is 16.9 Å². The van der Waals surface area contributed by atoms with Gasteiger partial charge in [-0.15, -0.1) is 11.8 Å². The van der Waals surface area contributed by atoms with Crippen LogP contribution in [-0.2, 0) is 21.8 Å². The minimum Gasteiger partial charge on any atom is -0.380 e. The average Bonchev–Trinajstić information content (AvgIpc) is 3.54. The van der Waals surface area contributed by atoms with Crippen LogP contribution in [0.3, 0.4) is 0 Å². The molecule has 2 aromatic carbocycles. The second-order valence-corrected chi connectivity index (χ2v) is 10.4. The normalized spacial score (nSPS) is 19.8. The molecule has 2 fully saturated rings. The lowest BCUT2D eigenvalue weighted by Gasteiger charge is -2.26. The Kier molecular flexibility index (Phi) is 6.55. The Morgan fingerprint density at radius 1 is 1.17 bits per heavy atom. The summed E-state index contributed by atoms with van der Waals surface area (Å²) in [6.07, 6.45) is 1.36. The third kappa shape index (κ3) is 4.34. The number of hydrogen-bond acceptors (Lipinski definition) is 6. The molecule has 0 bridgehead atoms. The van der Waals surface area contributed by atoms with Crippen LogP contribution < -0.4 is 0 Å². The summed E-state index contributed by atoms with van der Waals surface area (Å²) in [4.78, 5) is 18.3. The topological polar surface area (TPSA) is 59.8 Å². The van der Waals surface area contributed by atoms with Gasteiger partial charge in [0.2, 0.25) is 0 Å².